The summed E-state index contributed by atoms with van der Waals surface area (Å²) in [6, 6.07) is 16.8. The van der Waals surface area contributed by atoms with Crippen LogP contribution in [0.25, 0.3) is 10.9 Å². The molecule has 0 saturated carbocycles. The van der Waals surface area contributed by atoms with Gasteiger partial charge in [-0.3, -0.25) is 14.2 Å². The highest BCUT2D eigenvalue weighted by Crippen LogP contribution is 2.20. The average Bonchev–Trinajstić information content (AvgIpc) is 2.76. The number of rotatable bonds is 9. The molecule has 0 aliphatic rings. The van der Waals surface area contributed by atoms with Crippen molar-refractivity contribution in [1.82, 2.24) is 9.55 Å². The van der Waals surface area contributed by atoms with Crippen LogP contribution < -0.4 is 10.5 Å². The van der Waals surface area contributed by atoms with Crippen LogP contribution in [0.2, 0.25) is 0 Å². The summed E-state index contributed by atoms with van der Waals surface area (Å²) in [4.78, 5) is 32.0. The molecular weight excluding hydrogens is 398 g/mol. The minimum atomic E-state index is -0.0866. The van der Waals surface area contributed by atoms with E-state index in [2.05, 4.69) is 4.98 Å². The van der Waals surface area contributed by atoms with E-state index in [4.69, 9.17) is 4.74 Å². The number of hydrogen-bond acceptors (Lipinski definition) is 5. The number of hydrogen-bond donors (Lipinski definition) is 0. The Kier molecular flexibility index (Phi) is 7.65. The first kappa shape index (κ1) is 22.1. The third kappa shape index (κ3) is 5.49. The number of aromatic nitrogens is 2. The lowest BCUT2D eigenvalue weighted by atomic mass is 10.2. The summed E-state index contributed by atoms with van der Waals surface area (Å²) in [5, 5.41) is 1.14. The van der Waals surface area contributed by atoms with Gasteiger partial charge in [0, 0.05) is 25.9 Å². The number of benzene rings is 2. The molecule has 30 heavy (non-hydrogen) atoms. The van der Waals surface area contributed by atoms with E-state index < -0.39 is 0 Å². The Morgan fingerprint density at radius 1 is 1.13 bits per heavy atom. The topological polar surface area (TPSA) is 64.4 Å². The van der Waals surface area contributed by atoms with Crippen molar-refractivity contribution in [2.45, 2.75) is 38.1 Å². The molecule has 0 unspecified atom stereocenters. The zero-order valence-electron chi connectivity index (χ0n) is 17.6. The van der Waals surface area contributed by atoms with Gasteiger partial charge < -0.3 is 9.64 Å². The highest BCUT2D eigenvalue weighted by molar-refractivity contribution is 7.99. The molecule has 3 rings (SSSR count). The lowest BCUT2D eigenvalue weighted by Crippen LogP contribution is -2.29. The van der Waals surface area contributed by atoms with Crippen LogP contribution in [0, 0.1) is 0 Å². The molecule has 6 nitrogen and oxygen atoms in total. The summed E-state index contributed by atoms with van der Waals surface area (Å²) in [6.07, 6.45) is 0.847. The SMILES string of the molecule is CC(C)OCCCn1c(SCC(=O)N(C)c2ccccc2)nc2ccccc2c1=O. The molecule has 0 aliphatic carbocycles. The Balaban J connectivity index is 1.79. The summed E-state index contributed by atoms with van der Waals surface area (Å²) in [7, 11) is 1.75. The molecule has 0 radical (unpaired) electrons. The normalized spacial score (nSPS) is 11.2. The standard InChI is InChI=1S/C23H27N3O3S/c1-17(2)29-15-9-14-26-22(28)19-12-7-8-13-20(19)24-23(26)30-16-21(27)25(3)18-10-5-4-6-11-18/h4-8,10-13,17H,9,14-16H2,1-3H3. The molecule has 0 bridgehead atoms. The lowest BCUT2D eigenvalue weighted by Gasteiger charge is -2.18. The summed E-state index contributed by atoms with van der Waals surface area (Å²) in [6.45, 7) is 5.03. The molecule has 3 aromatic rings. The summed E-state index contributed by atoms with van der Waals surface area (Å²) < 4.78 is 7.27. The molecule has 0 aliphatic heterocycles. The Hall–Kier alpha value is -2.64. The van der Waals surface area contributed by atoms with Gasteiger partial charge in [-0.15, -0.1) is 0 Å². The zero-order valence-corrected chi connectivity index (χ0v) is 18.4. The monoisotopic (exact) mass is 425 g/mol. The first-order valence-corrected chi connectivity index (χ1v) is 11.0. The van der Waals surface area contributed by atoms with Crippen molar-refractivity contribution in [2.24, 2.45) is 0 Å². The number of fused-ring (bicyclic) bond motifs is 1. The Morgan fingerprint density at radius 3 is 2.57 bits per heavy atom. The van der Waals surface area contributed by atoms with E-state index in [1.54, 1.807) is 22.6 Å². The molecule has 1 heterocycles. The molecule has 0 saturated heterocycles. The first-order valence-electron chi connectivity index (χ1n) is 10.0. The summed E-state index contributed by atoms with van der Waals surface area (Å²) in [5.41, 5.74) is 1.39. The first-order chi connectivity index (χ1) is 14.5. The molecule has 0 fully saturated rings. The maximum atomic E-state index is 13.1. The minimum Gasteiger partial charge on any atom is -0.379 e. The van der Waals surface area contributed by atoms with E-state index >= 15 is 0 Å². The molecule has 2 aromatic carbocycles. The number of amides is 1. The van der Waals surface area contributed by atoms with E-state index in [9.17, 15) is 9.59 Å². The Bertz CT molecular complexity index is 1050. The zero-order chi connectivity index (χ0) is 21.5. The molecule has 1 amide bonds. The van der Waals surface area contributed by atoms with Crippen molar-refractivity contribution < 1.29 is 9.53 Å². The van der Waals surface area contributed by atoms with Gasteiger partial charge in [0.15, 0.2) is 5.16 Å². The van der Waals surface area contributed by atoms with Crippen molar-refractivity contribution in [3.63, 3.8) is 0 Å². The van der Waals surface area contributed by atoms with E-state index in [0.717, 1.165) is 5.69 Å². The van der Waals surface area contributed by atoms with Gasteiger partial charge in [-0.25, -0.2) is 4.98 Å². The highest BCUT2D eigenvalue weighted by Gasteiger charge is 2.16. The van der Waals surface area contributed by atoms with Crippen molar-refractivity contribution in [3.8, 4) is 0 Å². The second kappa shape index (κ2) is 10.4. The minimum absolute atomic E-state index is 0.0525. The van der Waals surface area contributed by atoms with E-state index in [1.807, 2.05) is 62.4 Å². The van der Waals surface area contributed by atoms with Crippen molar-refractivity contribution in [1.29, 1.82) is 0 Å². The quantitative estimate of drug-likeness (QED) is 0.295. The number of ether oxygens (including phenoxy) is 1. The fourth-order valence-electron chi connectivity index (χ4n) is 3.02. The summed E-state index contributed by atoms with van der Waals surface area (Å²) in [5.74, 6) is 0.141. The molecular formula is C23H27N3O3S. The molecule has 0 spiro atoms. The third-order valence-corrected chi connectivity index (χ3v) is 5.61. The third-order valence-electron chi connectivity index (χ3n) is 4.65. The van der Waals surface area contributed by atoms with Gasteiger partial charge >= 0.3 is 0 Å². The van der Waals surface area contributed by atoms with Crippen molar-refractivity contribution >= 4 is 34.3 Å². The number of carbonyl (C=O) groups excluding carboxylic acids is 1. The smallest absolute Gasteiger partial charge is 0.262 e. The number of para-hydroxylation sites is 2. The predicted molar refractivity (Wildman–Crippen MR) is 122 cm³/mol. The van der Waals surface area contributed by atoms with Crippen LogP contribution in [0.5, 0.6) is 0 Å². The number of nitrogens with zero attached hydrogens (tertiary/aromatic N) is 3. The second-order valence-corrected chi connectivity index (χ2v) is 8.16. The van der Waals surface area contributed by atoms with Crippen LogP contribution in [-0.2, 0) is 16.1 Å². The number of anilines is 1. The van der Waals surface area contributed by atoms with Gasteiger partial charge in [-0.05, 0) is 44.5 Å². The predicted octanol–water partition coefficient (Wildman–Crippen LogP) is 3.97. The van der Waals surface area contributed by atoms with Crippen LogP contribution in [0.1, 0.15) is 20.3 Å². The van der Waals surface area contributed by atoms with Gasteiger partial charge in [-0.2, -0.15) is 0 Å². The van der Waals surface area contributed by atoms with Gasteiger partial charge in [0.05, 0.1) is 22.8 Å². The summed E-state index contributed by atoms with van der Waals surface area (Å²) >= 11 is 1.29. The Morgan fingerprint density at radius 2 is 1.83 bits per heavy atom. The second-order valence-electron chi connectivity index (χ2n) is 7.22. The average molecular weight is 426 g/mol. The lowest BCUT2D eigenvalue weighted by molar-refractivity contribution is -0.115. The van der Waals surface area contributed by atoms with Crippen molar-refractivity contribution in [2.75, 3.05) is 24.3 Å². The molecule has 0 N–H and O–H groups in total. The van der Waals surface area contributed by atoms with Crippen LogP contribution >= 0.6 is 11.8 Å². The van der Waals surface area contributed by atoms with Gasteiger partial charge in [-0.1, -0.05) is 42.1 Å². The van der Waals surface area contributed by atoms with E-state index in [-0.39, 0.29) is 23.3 Å². The largest absolute Gasteiger partial charge is 0.379 e. The number of thioether (sulfide) groups is 1. The van der Waals surface area contributed by atoms with Crippen LogP contribution in [-0.4, -0.2) is 41.0 Å². The maximum absolute atomic E-state index is 13.1. The fraction of sp³-hybridized carbons (Fsp3) is 0.348. The van der Waals surface area contributed by atoms with Crippen molar-refractivity contribution in [3.05, 3.63) is 65.0 Å². The molecule has 1 aromatic heterocycles. The van der Waals surface area contributed by atoms with E-state index in [1.165, 1.54) is 11.8 Å². The van der Waals surface area contributed by atoms with Gasteiger partial charge in [0.25, 0.3) is 5.56 Å². The number of carbonyl (C=O) groups is 1. The fourth-order valence-corrected chi connectivity index (χ4v) is 3.95. The van der Waals surface area contributed by atoms with Crippen LogP contribution in [0.15, 0.2) is 64.5 Å². The van der Waals surface area contributed by atoms with Gasteiger partial charge in [0.2, 0.25) is 5.91 Å². The van der Waals surface area contributed by atoms with Gasteiger partial charge in [0.1, 0.15) is 0 Å². The molecule has 0 atom stereocenters. The van der Waals surface area contributed by atoms with Crippen LogP contribution in [0.4, 0.5) is 5.69 Å². The highest BCUT2D eigenvalue weighted by atomic mass is 32.2. The Labute approximate surface area is 180 Å². The van der Waals surface area contributed by atoms with Crippen LogP contribution in [0.3, 0.4) is 0 Å². The molecule has 7 heteroatoms. The maximum Gasteiger partial charge on any atom is 0.262 e. The molecule has 158 valence electrons. The van der Waals surface area contributed by atoms with E-state index in [0.29, 0.717) is 35.6 Å².